The van der Waals surface area contributed by atoms with E-state index in [1.807, 2.05) is 37.3 Å². The van der Waals surface area contributed by atoms with Crippen molar-refractivity contribution in [3.05, 3.63) is 79.1 Å². The number of carbonyl (C=O) groups excluding carboxylic acids is 1. The van der Waals surface area contributed by atoms with Gasteiger partial charge >= 0.3 is 0 Å². The number of benzene rings is 2. The summed E-state index contributed by atoms with van der Waals surface area (Å²) in [7, 11) is 1.51. The van der Waals surface area contributed by atoms with Gasteiger partial charge in [0.05, 0.1) is 41.9 Å². The third-order valence-corrected chi connectivity index (χ3v) is 6.61. The molecule has 0 saturated heterocycles. The first-order chi connectivity index (χ1) is 19.0. The van der Waals surface area contributed by atoms with Gasteiger partial charge in [0, 0.05) is 46.8 Å². The zero-order valence-electron chi connectivity index (χ0n) is 21.4. The van der Waals surface area contributed by atoms with E-state index in [1.54, 1.807) is 30.9 Å². The number of amides is 1. The van der Waals surface area contributed by atoms with Gasteiger partial charge in [-0.3, -0.25) is 19.9 Å². The van der Waals surface area contributed by atoms with Crippen LogP contribution in [0.15, 0.2) is 73.3 Å². The van der Waals surface area contributed by atoms with Crippen molar-refractivity contribution in [2.75, 3.05) is 12.4 Å². The van der Waals surface area contributed by atoms with Crippen LogP contribution in [0.1, 0.15) is 19.8 Å². The van der Waals surface area contributed by atoms with Crippen molar-refractivity contribution in [1.29, 1.82) is 0 Å². The van der Waals surface area contributed by atoms with Crippen LogP contribution in [0.25, 0.3) is 55.4 Å². The average molecular weight is 521 g/mol. The molecule has 8 nitrogen and oxygen atoms in total. The highest BCUT2D eigenvalue weighted by molar-refractivity contribution is 6.01. The van der Waals surface area contributed by atoms with Crippen molar-refractivity contribution in [3.63, 3.8) is 0 Å². The number of nitrogens with zero attached hydrogens (tertiary/aromatic N) is 3. The minimum atomic E-state index is -0.383. The fourth-order valence-electron chi connectivity index (χ4n) is 4.76. The number of H-pyrrole nitrogens is 2. The zero-order chi connectivity index (χ0) is 26.9. The summed E-state index contributed by atoms with van der Waals surface area (Å²) in [5.74, 6) is 0.0203. The maximum Gasteiger partial charge on any atom is 0.224 e. The Morgan fingerprint density at radius 2 is 1.79 bits per heavy atom. The fraction of sp³-hybridized carbons (Fsp3) is 0.133. The number of hydrogen-bond acceptors (Lipinski definition) is 5. The van der Waals surface area contributed by atoms with Gasteiger partial charge in [0.2, 0.25) is 5.91 Å². The van der Waals surface area contributed by atoms with E-state index in [1.165, 1.54) is 19.2 Å². The largest absolute Gasteiger partial charge is 0.497 e. The quantitative estimate of drug-likeness (QED) is 0.216. The smallest absolute Gasteiger partial charge is 0.224 e. The van der Waals surface area contributed by atoms with Crippen LogP contribution >= 0.6 is 0 Å². The molecule has 0 unspecified atom stereocenters. The molecule has 0 spiro atoms. The van der Waals surface area contributed by atoms with Gasteiger partial charge in [-0.1, -0.05) is 13.0 Å². The van der Waals surface area contributed by atoms with E-state index in [9.17, 15) is 9.18 Å². The number of ether oxygens (including phenoxy) is 1. The number of rotatable bonds is 7. The van der Waals surface area contributed by atoms with E-state index < -0.39 is 0 Å². The SMILES string of the molecule is CCCC(=O)Nc1cncc(-c2ccc3[nH]nc(-c4cc5c(-c6cc(F)cc(OC)c6)cncc5[nH]4)c3c2)c1. The molecule has 4 heterocycles. The van der Waals surface area contributed by atoms with Crippen molar-refractivity contribution in [1.82, 2.24) is 25.1 Å². The topological polar surface area (TPSA) is 109 Å². The fourth-order valence-corrected chi connectivity index (χ4v) is 4.76. The number of halogens is 1. The van der Waals surface area contributed by atoms with Crippen molar-refractivity contribution in [2.24, 2.45) is 0 Å². The summed E-state index contributed by atoms with van der Waals surface area (Å²) in [5.41, 5.74) is 7.14. The molecular formula is C30H25FN6O2. The molecule has 0 radical (unpaired) electrons. The highest BCUT2D eigenvalue weighted by Gasteiger charge is 2.16. The second-order valence-corrected chi connectivity index (χ2v) is 9.30. The van der Waals surface area contributed by atoms with Crippen LogP contribution in [0.3, 0.4) is 0 Å². The molecule has 6 aromatic rings. The Balaban J connectivity index is 1.40. The second-order valence-electron chi connectivity index (χ2n) is 9.30. The molecule has 2 aromatic carbocycles. The molecule has 194 valence electrons. The molecule has 4 aromatic heterocycles. The number of carbonyl (C=O) groups is 1. The Kier molecular flexibility index (Phi) is 6.24. The molecular weight excluding hydrogens is 495 g/mol. The molecule has 0 aliphatic rings. The van der Waals surface area contributed by atoms with Crippen molar-refractivity contribution < 1.29 is 13.9 Å². The molecule has 1 amide bonds. The van der Waals surface area contributed by atoms with E-state index in [4.69, 9.17) is 4.74 Å². The van der Waals surface area contributed by atoms with Gasteiger partial charge in [0.1, 0.15) is 17.3 Å². The van der Waals surface area contributed by atoms with Crippen LogP contribution in [0, 0.1) is 5.82 Å². The number of anilines is 1. The predicted octanol–water partition coefficient (Wildman–Crippen LogP) is 6.72. The highest BCUT2D eigenvalue weighted by Crippen LogP contribution is 2.36. The zero-order valence-corrected chi connectivity index (χ0v) is 21.4. The van der Waals surface area contributed by atoms with E-state index in [0.29, 0.717) is 23.4 Å². The molecule has 6 rings (SSSR count). The monoisotopic (exact) mass is 520 g/mol. The van der Waals surface area contributed by atoms with E-state index in [2.05, 4.69) is 30.5 Å². The van der Waals surface area contributed by atoms with E-state index in [-0.39, 0.29) is 11.7 Å². The number of nitrogens with one attached hydrogen (secondary N) is 3. The lowest BCUT2D eigenvalue weighted by Gasteiger charge is -2.07. The third-order valence-electron chi connectivity index (χ3n) is 6.61. The molecule has 39 heavy (non-hydrogen) atoms. The first kappa shape index (κ1) is 24.3. The molecule has 0 aliphatic carbocycles. The minimum Gasteiger partial charge on any atom is -0.497 e. The first-order valence-corrected chi connectivity index (χ1v) is 12.6. The highest BCUT2D eigenvalue weighted by atomic mass is 19.1. The Hall–Kier alpha value is -5.05. The van der Waals surface area contributed by atoms with Crippen molar-refractivity contribution in [3.8, 4) is 39.4 Å². The summed E-state index contributed by atoms with van der Waals surface area (Å²) < 4.78 is 19.5. The summed E-state index contributed by atoms with van der Waals surface area (Å²) in [6, 6.07) is 14.5. The number of aromatic nitrogens is 5. The summed E-state index contributed by atoms with van der Waals surface area (Å²) in [5, 5.41) is 12.4. The van der Waals surface area contributed by atoms with Crippen LogP contribution < -0.4 is 10.1 Å². The van der Waals surface area contributed by atoms with Crippen LogP contribution in [0.2, 0.25) is 0 Å². The lowest BCUT2D eigenvalue weighted by Crippen LogP contribution is -2.10. The Morgan fingerprint density at radius 3 is 2.64 bits per heavy atom. The molecule has 0 aliphatic heterocycles. The van der Waals surface area contributed by atoms with Gasteiger partial charge in [0.25, 0.3) is 0 Å². The maximum atomic E-state index is 14.3. The molecule has 0 saturated carbocycles. The number of aromatic amines is 2. The Labute approximate surface area is 223 Å². The van der Waals surface area contributed by atoms with Crippen LogP contribution in [-0.4, -0.2) is 38.2 Å². The van der Waals surface area contributed by atoms with Gasteiger partial charge in [-0.15, -0.1) is 0 Å². The van der Waals surface area contributed by atoms with Gasteiger partial charge < -0.3 is 15.0 Å². The molecule has 0 atom stereocenters. The minimum absolute atomic E-state index is 0.0339. The van der Waals surface area contributed by atoms with Gasteiger partial charge in [-0.2, -0.15) is 5.10 Å². The number of fused-ring (bicyclic) bond motifs is 2. The van der Waals surface area contributed by atoms with Crippen LogP contribution in [0.5, 0.6) is 5.75 Å². The molecule has 0 fully saturated rings. The van der Waals surface area contributed by atoms with E-state index >= 15 is 0 Å². The maximum absolute atomic E-state index is 14.3. The third kappa shape index (κ3) is 4.70. The molecule has 3 N–H and O–H groups in total. The molecule has 9 heteroatoms. The van der Waals surface area contributed by atoms with Gasteiger partial charge in [0.15, 0.2) is 0 Å². The van der Waals surface area contributed by atoms with E-state index in [0.717, 1.165) is 56.3 Å². The van der Waals surface area contributed by atoms with Crippen LogP contribution in [-0.2, 0) is 4.79 Å². The standard InChI is InChI=1S/C30H25FN6O2/c1-3-4-29(38)34-21-8-19(13-32-14-21)17-5-6-26-24(10-17)30(37-36-26)27-12-23-25(15-33-16-28(23)35-27)18-7-20(31)11-22(9-18)39-2/h5-16,35H,3-4H2,1-2H3,(H,34,38)(H,36,37). The predicted molar refractivity (Wildman–Crippen MR) is 150 cm³/mol. The summed E-state index contributed by atoms with van der Waals surface area (Å²) in [6.07, 6.45) is 8.11. The van der Waals surface area contributed by atoms with Gasteiger partial charge in [-0.05, 0) is 53.9 Å². The summed E-state index contributed by atoms with van der Waals surface area (Å²) >= 11 is 0. The summed E-state index contributed by atoms with van der Waals surface area (Å²) in [4.78, 5) is 24.2. The lowest BCUT2D eigenvalue weighted by molar-refractivity contribution is -0.116. The van der Waals surface area contributed by atoms with Crippen LogP contribution in [0.4, 0.5) is 10.1 Å². The lowest BCUT2D eigenvalue weighted by atomic mass is 10.0. The normalized spacial score (nSPS) is 11.3. The Morgan fingerprint density at radius 1 is 0.923 bits per heavy atom. The first-order valence-electron chi connectivity index (χ1n) is 12.6. The number of pyridine rings is 2. The Bertz CT molecular complexity index is 1840. The second kappa shape index (κ2) is 10.0. The number of methoxy groups -OCH3 is 1. The van der Waals surface area contributed by atoms with Crippen molar-refractivity contribution >= 4 is 33.4 Å². The van der Waals surface area contributed by atoms with Gasteiger partial charge in [-0.25, -0.2) is 4.39 Å². The van der Waals surface area contributed by atoms with Crippen molar-refractivity contribution in [2.45, 2.75) is 19.8 Å². The average Bonchev–Trinajstić information content (AvgIpc) is 3.56. The number of hydrogen-bond donors (Lipinski definition) is 3. The summed E-state index contributed by atoms with van der Waals surface area (Å²) in [6.45, 7) is 1.97. The molecule has 0 bridgehead atoms.